The van der Waals surface area contributed by atoms with Crippen molar-refractivity contribution in [2.45, 2.75) is 20.0 Å². The number of nitrogens with zero attached hydrogens (tertiary/aromatic N) is 3. The molecule has 0 atom stereocenters. The van der Waals surface area contributed by atoms with Crippen molar-refractivity contribution in [3.63, 3.8) is 0 Å². The van der Waals surface area contributed by atoms with Gasteiger partial charge in [0, 0.05) is 25.5 Å². The SMILES string of the molecule is CCN(Cc1ccccn1)c1ccc(CN)cn1. The van der Waals surface area contributed by atoms with Crippen LogP contribution >= 0.6 is 0 Å². The van der Waals surface area contributed by atoms with Gasteiger partial charge in [-0.15, -0.1) is 0 Å². The van der Waals surface area contributed by atoms with E-state index < -0.39 is 0 Å². The van der Waals surface area contributed by atoms with Gasteiger partial charge >= 0.3 is 0 Å². The van der Waals surface area contributed by atoms with Crippen molar-refractivity contribution in [3.05, 3.63) is 54.0 Å². The van der Waals surface area contributed by atoms with Crippen LogP contribution in [0.2, 0.25) is 0 Å². The zero-order chi connectivity index (χ0) is 12.8. The Morgan fingerprint density at radius 1 is 1.17 bits per heavy atom. The summed E-state index contributed by atoms with van der Waals surface area (Å²) in [5, 5.41) is 0. The van der Waals surface area contributed by atoms with Crippen LogP contribution in [0.4, 0.5) is 5.82 Å². The summed E-state index contributed by atoms with van der Waals surface area (Å²) >= 11 is 0. The van der Waals surface area contributed by atoms with Crippen LogP contribution in [0.25, 0.3) is 0 Å². The monoisotopic (exact) mass is 242 g/mol. The molecular weight excluding hydrogens is 224 g/mol. The Kier molecular flexibility index (Phi) is 4.25. The average molecular weight is 242 g/mol. The van der Waals surface area contributed by atoms with E-state index in [1.54, 1.807) is 0 Å². The van der Waals surface area contributed by atoms with Crippen LogP contribution in [0.3, 0.4) is 0 Å². The van der Waals surface area contributed by atoms with Crippen molar-refractivity contribution in [3.8, 4) is 0 Å². The predicted molar refractivity (Wildman–Crippen MR) is 73.1 cm³/mol. The minimum Gasteiger partial charge on any atom is -0.351 e. The number of hydrogen-bond donors (Lipinski definition) is 1. The fraction of sp³-hybridized carbons (Fsp3) is 0.286. The van der Waals surface area contributed by atoms with Gasteiger partial charge in [0.05, 0.1) is 12.2 Å². The molecule has 2 aromatic heterocycles. The molecule has 2 N–H and O–H groups in total. The topological polar surface area (TPSA) is 55.0 Å². The molecule has 0 unspecified atom stereocenters. The Labute approximate surface area is 107 Å². The van der Waals surface area contributed by atoms with Gasteiger partial charge in [-0.05, 0) is 30.7 Å². The van der Waals surface area contributed by atoms with Crippen molar-refractivity contribution >= 4 is 5.82 Å². The van der Waals surface area contributed by atoms with E-state index in [0.29, 0.717) is 6.54 Å². The highest BCUT2D eigenvalue weighted by Crippen LogP contribution is 2.13. The first kappa shape index (κ1) is 12.5. The summed E-state index contributed by atoms with van der Waals surface area (Å²) in [6, 6.07) is 9.98. The molecule has 2 heterocycles. The van der Waals surface area contributed by atoms with Gasteiger partial charge in [-0.25, -0.2) is 4.98 Å². The van der Waals surface area contributed by atoms with Crippen molar-refractivity contribution in [2.75, 3.05) is 11.4 Å². The zero-order valence-electron chi connectivity index (χ0n) is 10.6. The summed E-state index contributed by atoms with van der Waals surface area (Å²) in [7, 11) is 0. The van der Waals surface area contributed by atoms with Crippen molar-refractivity contribution in [1.82, 2.24) is 9.97 Å². The molecule has 0 fully saturated rings. The summed E-state index contributed by atoms with van der Waals surface area (Å²) in [6.07, 6.45) is 3.64. The van der Waals surface area contributed by atoms with Gasteiger partial charge in [-0.3, -0.25) is 4.98 Å². The highest BCUT2D eigenvalue weighted by molar-refractivity contribution is 5.39. The standard InChI is InChI=1S/C14H18N4/c1-2-18(11-13-5-3-4-8-16-13)14-7-6-12(9-15)10-17-14/h3-8,10H,2,9,11,15H2,1H3. The lowest BCUT2D eigenvalue weighted by atomic mass is 10.2. The van der Waals surface area contributed by atoms with Gasteiger partial charge in [0.2, 0.25) is 0 Å². The lowest BCUT2D eigenvalue weighted by Crippen LogP contribution is -2.23. The second-order valence-electron chi connectivity index (χ2n) is 4.06. The Morgan fingerprint density at radius 2 is 2.06 bits per heavy atom. The minimum atomic E-state index is 0.527. The van der Waals surface area contributed by atoms with Crippen molar-refractivity contribution in [2.24, 2.45) is 5.73 Å². The van der Waals surface area contributed by atoms with Crippen LogP contribution in [0.15, 0.2) is 42.7 Å². The highest BCUT2D eigenvalue weighted by atomic mass is 15.2. The van der Waals surface area contributed by atoms with Gasteiger partial charge in [-0.2, -0.15) is 0 Å². The van der Waals surface area contributed by atoms with E-state index in [9.17, 15) is 0 Å². The van der Waals surface area contributed by atoms with Gasteiger partial charge in [0.25, 0.3) is 0 Å². The first-order chi connectivity index (χ1) is 8.83. The molecule has 2 rings (SSSR count). The molecule has 0 aromatic carbocycles. The lowest BCUT2D eigenvalue weighted by Gasteiger charge is -2.21. The fourth-order valence-electron chi connectivity index (χ4n) is 1.77. The van der Waals surface area contributed by atoms with Crippen molar-refractivity contribution in [1.29, 1.82) is 0 Å². The Balaban J connectivity index is 2.12. The normalized spacial score (nSPS) is 10.3. The highest BCUT2D eigenvalue weighted by Gasteiger charge is 2.06. The molecule has 0 aliphatic rings. The van der Waals surface area contributed by atoms with E-state index in [1.807, 2.05) is 42.7 Å². The fourth-order valence-corrected chi connectivity index (χ4v) is 1.77. The van der Waals surface area contributed by atoms with Crippen LogP contribution in [-0.2, 0) is 13.1 Å². The third-order valence-corrected chi connectivity index (χ3v) is 2.83. The van der Waals surface area contributed by atoms with Gasteiger partial charge in [-0.1, -0.05) is 12.1 Å². The number of hydrogen-bond acceptors (Lipinski definition) is 4. The number of aromatic nitrogens is 2. The van der Waals surface area contributed by atoms with Crippen LogP contribution < -0.4 is 10.6 Å². The zero-order valence-corrected chi connectivity index (χ0v) is 10.6. The average Bonchev–Trinajstić information content (AvgIpc) is 2.46. The quantitative estimate of drug-likeness (QED) is 0.870. The summed E-state index contributed by atoms with van der Waals surface area (Å²) in [5.74, 6) is 0.959. The Hall–Kier alpha value is -1.94. The number of anilines is 1. The van der Waals surface area contributed by atoms with Crippen LogP contribution in [0, 0.1) is 0 Å². The molecule has 0 amide bonds. The second kappa shape index (κ2) is 6.12. The maximum absolute atomic E-state index is 5.57. The second-order valence-corrected chi connectivity index (χ2v) is 4.06. The molecule has 0 bridgehead atoms. The largest absolute Gasteiger partial charge is 0.351 e. The molecular formula is C14H18N4. The number of nitrogens with two attached hydrogens (primary N) is 1. The minimum absolute atomic E-state index is 0.527. The molecule has 0 spiro atoms. The van der Waals surface area contributed by atoms with E-state index >= 15 is 0 Å². The smallest absolute Gasteiger partial charge is 0.128 e. The molecule has 4 nitrogen and oxygen atoms in total. The maximum atomic E-state index is 5.57. The summed E-state index contributed by atoms with van der Waals surface area (Å²) < 4.78 is 0. The van der Waals surface area contributed by atoms with E-state index in [1.165, 1.54) is 0 Å². The lowest BCUT2D eigenvalue weighted by molar-refractivity contribution is 0.792. The van der Waals surface area contributed by atoms with Crippen molar-refractivity contribution < 1.29 is 0 Å². The predicted octanol–water partition coefficient (Wildman–Crippen LogP) is 1.96. The number of rotatable bonds is 5. The van der Waals surface area contributed by atoms with E-state index in [2.05, 4.69) is 21.8 Å². The molecule has 0 aliphatic carbocycles. The summed E-state index contributed by atoms with van der Waals surface area (Å²) in [5.41, 5.74) is 7.66. The van der Waals surface area contributed by atoms with Gasteiger partial charge in [0.15, 0.2) is 0 Å². The summed E-state index contributed by atoms with van der Waals surface area (Å²) in [6.45, 7) is 4.30. The first-order valence-corrected chi connectivity index (χ1v) is 6.13. The third-order valence-electron chi connectivity index (χ3n) is 2.83. The van der Waals surface area contributed by atoms with E-state index in [0.717, 1.165) is 30.2 Å². The Bertz CT molecular complexity index is 467. The van der Waals surface area contributed by atoms with E-state index in [-0.39, 0.29) is 0 Å². The van der Waals surface area contributed by atoms with Crippen LogP contribution in [0.5, 0.6) is 0 Å². The molecule has 2 aromatic rings. The van der Waals surface area contributed by atoms with Gasteiger partial charge < -0.3 is 10.6 Å². The first-order valence-electron chi connectivity index (χ1n) is 6.13. The molecule has 0 saturated heterocycles. The van der Waals surface area contributed by atoms with Gasteiger partial charge in [0.1, 0.15) is 5.82 Å². The summed E-state index contributed by atoms with van der Waals surface area (Å²) in [4.78, 5) is 11.0. The molecule has 18 heavy (non-hydrogen) atoms. The molecule has 0 radical (unpaired) electrons. The number of pyridine rings is 2. The van der Waals surface area contributed by atoms with Crippen LogP contribution in [0.1, 0.15) is 18.2 Å². The van der Waals surface area contributed by atoms with Crippen LogP contribution in [-0.4, -0.2) is 16.5 Å². The third kappa shape index (κ3) is 3.05. The molecule has 0 aliphatic heterocycles. The molecule has 4 heteroatoms. The molecule has 0 saturated carbocycles. The Morgan fingerprint density at radius 3 is 2.61 bits per heavy atom. The maximum Gasteiger partial charge on any atom is 0.128 e. The molecule has 94 valence electrons. The van der Waals surface area contributed by atoms with E-state index in [4.69, 9.17) is 5.73 Å².